The number of benzene rings is 2. The molecule has 0 aliphatic heterocycles. The van der Waals surface area contributed by atoms with Gasteiger partial charge in [0.2, 0.25) is 0 Å². The Morgan fingerprint density at radius 1 is 0.962 bits per heavy atom. The first kappa shape index (κ1) is 18.2. The van der Waals surface area contributed by atoms with E-state index in [4.69, 9.17) is 9.84 Å². The zero-order valence-electron chi connectivity index (χ0n) is 16.0. The van der Waals surface area contributed by atoms with Crippen LogP contribution in [-0.2, 0) is 19.6 Å². The summed E-state index contributed by atoms with van der Waals surface area (Å²) in [7, 11) is 1.71. The molecule has 0 atom stereocenters. The molecule has 4 heteroatoms. The first-order valence-electron chi connectivity index (χ1n) is 8.99. The van der Waals surface area contributed by atoms with E-state index in [0.717, 1.165) is 36.6 Å². The van der Waals surface area contributed by atoms with E-state index < -0.39 is 0 Å². The lowest BCUT2D eigenvalue weighted by Gasteiger charge is -2.09. The average molecular weight is 349 g/mol. The molecular weight excluding hydrogens is 322 g/mol. The van der Waals surface area contributed by atoms with Crippen molar-refractivity contribution in [3.8, 4) is 5.75 Å². The van der Waals surface area contributed by atoms with Crippen LogP contribution in [0.1, 0.15) is 33.6 Å². The van der Waals surface area contributed by atoms with Gasteiger partial charge < -0.3 is 10.1 Å². The Labute approximate surface area is 155 Å². The molecule has 0 fully saturated rings. The highest BCUT2D eigenvalue weighted by molar-refractivity contribution is 5.36. The van der Waals surface area contributed by atoms with Crippen LogP contribution in [0, 0.1) is 20.8 Å². The van der Waals surface area contributed by atoms with E-state index in [1.54, 1.807) is 7.11 Å². The lowest BCUT2D eigenvalue weighted by molar-refractivity contribution is 0.411. The van der Waals surface area contributed by atoms with E-state index >= 15 is 0 Å². The Morgan fingerprint density at radius 2 is 1.73 bits per heavy atom. The van der Waals surface area contributed by atoms with Gasteiger partial charge >= 0.3 is 0 Å². The number of nitrogens with zero attached hydrogens (tertiary/aromatic N) is 2. The zero-order chi connectivity index (χ0) is 18.5. The third-order valence-electron chi connectivity index (χ3n) is 4.80. The minimum absolute atomic E-state index is 0.811. The lowest BCUT2D eigenvalue weighted by atomic mass is 10.1. The van der Waals surface area contributed by atoms with Crippen LogP contribution >= 0.6 is 0 Å². The molecule has 0 spiro atoms. The average Bonchev–Trinajstić information content (AvgIpc) is 2.90. The smallest absolute Gasteiger partial charge is 0.121 e. The molecule has 1 aromatic heterocycles. The van der Waals surface area contributed by atoms with Crippen LogP contribution in [0.4, 0.5) is 0 Å². The topological polar surface area (TPSA) is 39.1 Å². The van der Waals surface area contributed by atoms with Gasteiger partial charge in [0.05, 0.1) is 19.3 Å². The van der Waals surface area contributed by atoms with Crippen molar-refractivity contribution in [3.05, 3.63) is 82.2 Å². The first-order chi connectivity index (χ1) is 12.6. The number of nitrogens with one attached hydrogen (secondary N) is 1. The number of rotatable bonds is 7. The van der Waals surface area contributed by atoms with E-state index in [1.807, 2.05) is 12.1 Å². The third-order valence-corrected chi connectivity index (χ3v) is 4.80. The highest BCUT2D eigenvalue weighted by atomic mass is 16.5. The van der Waals surface area contributed by atoms with Crippen LogP contribution < -0.4 is 10.1 Å². The van der Waals surface area contributed by atoms with E-state index in [2.05, 4.69) is 67.2 Å². The van der Waals surface area contributed by atoms with Crippen LogP contribution in [0.5, 0.6) is 5.75 Å². The summed E-state index contributed by atoms with van der Waals surface area (Å²) < 4.78 is 7.42. The van der Waals surface area contributed by atoms with Crippen LogP contribution in [0.3, 0.4) is 0 Å². The van der Waals surface area contributed by atoms with E-state index in [1.165, 1.54) is 22.4 Å². The van der Waals surface area contributed by atoms with Crippen molar-refractivity contribution in [2.24, 2.45) is 0 Å². The Morgan fingerprint density at radius 3 is 2.42 bits per heavy atom. The number of hydrogen-bond acceptors (Lipinski definition) is 3. The molecule has 0 aliphatic rings. The maximum atomic E-state index is 5.33. The van der Waals surface area contributed by atoms with E-state index in [-0.39, 0.29) is 0 Å². The molecule has 2 aromatic carbocycles. The summed E-state index contributed by atoms with van der Waals surface area (Å²) in [6, 6.07) is 16.8. The maximum Gasteiger partial charge on any atom is 0.121 e. The van der Waals surface area contributed by atoms with Gasteiger partial charge in [0.15, 0.2) is 0 Å². The fourth-order valence-electron chi connectivity index (χ4n) is 3.28. The highest BCUT2D eigenvalue weighted by Crippen LogP contribution is 2.19. The molecule has 0 amide bonds. The van der Waals surface area contributed by atoms with Crippen molar-refractivity contribution in [2.75, 3.05) is 7.11 Å². The van der Waals surface area contributed by atoms with E-state index in [9.17, 15) is 0 Å². The molecule has 26 heavy (non-hydrogen) atoms. The summed E-state index contributed by atoms with van der Waals surface area (Å²) in [5.74, 6) is 0.933. The van der Waals surface area contributed by atoms with Crippen LogP contribution in [-0.4, -0.2) is 16.9 Å². The zero-order valence-corrected chi connectivity index (χ0v) is 16.0. The fraction of sp³-hybridized carbons (Fsp3) is 0.318. The van der Waals surface area contributed by atoms with Crippen molar-refractivity contribution in [3.63, 3.8) is 0 Å². The molecule has 0 saturated heterocycles. The Bertz CT molecular complexity index is 869. The van der Waals surface area contributed by atoms with Gasteiger partial charge in [-0.1, -0.05) is 42.5 Å². The van der Waals surface area contributed by atoms with Gasteiger partial charge in [-0.25, -0.2) is 0 Å². The molecule has 1 N–H and O–H groups in total. The maximum absolute atomic E-state index is 5.33. The summed E-state index contributed by atoms with van der Waals surface area (Å²) in [5.41, 5.74) is 7.30. The molecule has 0 bridgehead atoms. The molecule has 136 valence electrons. The van der Waals surface area contributed by atoms with Gasteiger partial charge in [-0.05, 0) is 43.5 Å². The number of ether oxygens (including phenoxy) is 1. The monoisotopic (exact) mass is 349 g/mol. The molecular formula is C22H27N3O. The van der Waals surface area contributed by atoms with Crippen molar-refractivity contribution >= 4 is 0 Å². The number of hydrogen-bond donors (Lipinski definition) is 1. The lowest BCUT2D eigenvalue weighted by Crippen LogP contribution is -2.14. The SMILES string of the molecule is COc1ccc(CNCc2c(C)nn(Cc3ccccc3)c2C)cc1C. The van der Waals surface area contributed by atoms with Crippen molar-refractivity contribution in [1.82, 2.24) is 15.1 Å². The Hall–Kier alpha value is -2.59. The minimum atomic E-state index is 0.811. The second-order valence-electron chi connectivity index (χ2n) is 6.70. The molecule has 0 saturated carbocycles. The summed E-state index contributed by atoms with van der Waals surface area (Å²) in [6.45, 7) is 8.76. The predicted molar refractivity (Wildman–Crippen MR) is 106 cm³/mol. The van der Waals surface area contributed by atoms with Crippen molar-refractivity contribution in [2.45, 2.75) is 40.4 Å². The highest BCUT2D eigenvalue weighted by Gasteiger charge is 2.11. The number of methoxy groups -OCH3 is 1. The Balaban J connectivity index is 1.64. The molecule has 3 rings (SSSR count). The summed E-state index contributed by atoms with van der Waals surface area (Å²) in [6.07, 6.45) is 0. The number of aromatic nitrogens is 2. The standard InChI is InChI=1S/C22H27N3O/c1-16-12-20(10-11-22(16)26-4)13-23-14-21-17(2)24-25(18(21)3)15-19-8-6-5-7-9-19/h5-12,23H,13-15H2,1-4H3. The number of aryl methyl sites for hydroxylation is 2. The second-order valence-corrected chi connectivity index (χ2v) is 6.70. The summed E-state index contributed by atoms with van der Waals surface area (Å²) in [5, 5.41) is 8.28. The predicted octanol–water partition coefficient (Wildman–Crippen LogP) is 4.16. The first-order valence-corrected chi connectivity index (χ1v) is 8.99. The second kappa shape index (κ2) is 8.19. The van der Waals surface area contributed by atoms with Gasteiger partial charge in [0, 0.05) is 24.3 Å². The van der Waals surface area contributed by atoms with Crippen LogP contribution in [0.15, 0.2) is 48.5 Å². The Kier molecular flexibility index (Phi) is 5.74. The van der Waals surface area contributed by atoms with E-state index in [0.29, 0.717) is 0 Å². The van der Waals surface area contributed by atoms with Gasteiger partial charge in [-0.3, -0.25) is 4.68 Å². The molecule has 3 aromatic rings. The normalized spacial score (nSPS) is 10.9. The van der Waals surface area contributed by atoms with Crippen molar-refractivity contribution in [1.29, 1.82) is 0 Å². The van der Waals surface area contributed by atoms with Crippen molar-refractivity contribution < 1.29 is 4.74 Å². The van der Waals surface area contributed by atoms with Crippen LogP contribution in [0.25, 0.3) is 0 Å². The third kappa shape index (κ3) is 4.14. The van der Waals surface area contributed by atoms with Gasteiger partial charge in [-0.15, -0.1) is 0 Å². The summed E-state index contributed by atoms with van der Waals surface area (Å²) in [4.78, 5) is 0. The van der Waals surface area contributed by atoms with Gasteiger partial charge in [-0.2, -0.15) is 5.10 Å². The quantitative estimate of drug-likeness (QED) is 0.696. The van der Waals surface area contributed by atoms with Gasteiger partial charge in [0.25, 0.3) is 0 Å². The summed E-state index contributed by atoms with van der Waals surface area (Å²) >= 11 is 0. The minimum Gasteiger partial charge on any atom is -0.496 e. The molecule has 0 aliphatic carbocycles. The molecule has 4 nitrogen and oxygen atoms in total. The van der Waals surface area contributed by atoms with Gasteiger partial charge in [0.1, 0.15) is 5.75 Å². The van der Waals surface area contributed by atoms with Crippen LogP contribution in [0.2, 0.25) is 0 Å². The molecule has 0 unspecified atom stereocenters. The largest absolute Gasteiger partial charge is 0.496 e. The fourth-order valence-corrected chi connectivity index (χ4v) is 3.28. The molecule has 1 heterocycles. The molecule has 0 radical (unpaired) electrons.